The molecule has 1 spiro atoms. The van der Waals surface area contributed by atoms with Crippen LogP contribution >= 0.6 is 0 Å². The van der Waals surface area contributed by atoms with Crippen LogP contribution in [0.4, 0.5) is 5.69 Å². The highest BCUT2D eigenvalue weighted by molar-refractivity contribution is 6.15. The molecule has 3 N–H and O–H groups in total. The van der Waals surface area contributed by atoms with Gasteiger partial charge in [0.1, 0.15) is 5.54 Å². The zero-order chi connectivity index (χ0) is 21.9. The van der Waals surface area contributed by atoms with Crippen molar-refractivity contribution < 1.29 is 19.5 Å². The molecule has 3 fully saturated rings. The molecule has 7 heteroatoms. The number of nitrogens with one attached hydrogen (secondary N) is 2. The molecule has 0 bridgehead atoms. The van der Waals surface area contributed by atoms with Crippen molar-refractivity contribution in [1.29, 1.82) is 0 Å². The molecule has 5 atom stereocenters. The molecule has 1 aliphatic carbocycles. The van der Waals surface area contributed by atoms with Crippen LogP contribution in [0.1, 0.15) is 63.5 Å². The fourth-order valence-corrected chi connectivity index (χ4v) is 6.43. The molecule has 2 saturated heterocycles. The Hall–Kier alpha value is -2.25. The number of hydrogen-bond acceptors (Lipinski definition) is 5. The van der Waals surface area contributed by atoms with Crippen LogP contribution in [0.15, 0.2) is 18.2 Å². The van der Waals surface area contributed by atoms with E-state index < -0.39 is 29.5 Å². The fraction of sp³-hybridized carbons (Fsp3) is 0.625. The summed E-state index contributed by atoms with van der Waals surface area (Å²) in [5, 5.41) is 16.8. The number of fused-ring (bicyclic) bond motifs is 4. The number of aliphatic hydroxyl groups is 1. The zero-order valence-electron chi connectivity index (χ0n) is 18.2. The second-order valence-corrected chi connectivity index (χ2v) is 9.56. The van der Waals surface area contributed by atoms with Crippen molar-refractivity contribution in [2.75, 3.05) is 5.32 Å². The highest BCUT2D eigenvalue weighted by Gasteiger charge is 2.71. The summed E-state index contributed by atoms with van der Waals surface area (Å²) in [6.45, 7) is 3.64. The number of rotatable bonds is 3. The number of hydrogen-bond donors (Lipinski definition) is 3. The van der Waals surface area contributed by atoms with Gasteiger partial charge in [-0.05, 0) is 31.7 Å². The van der Waals surface area contributed by atoms with E-state index in [9.17, 15) is 19.5 Å². The smallest absolute Gasteiger partial charge is 0.250 e. The standard InChI is InChI=1S/C24H31N3O4/c1-3-14-9-8-12-16-20(14)25-23(31)24(16)18-17(19(26-24)13(2)28)21(29)27(22(18)30)15-10-6-4-5-7-11-15/h8-9,12-13,15,17-19,26,28H,3-7,10-11H2,1-2H3,(H,25,31). The molecule has 7 nitrogen and oxygen atoms in total. The molecule has 1 saturated carbocycles. The van der Waals surface area contributed by atoms with E-state index in [1.165, 1.54) is 4.90 Å². The van der Waals surface area contributed by atoms with Crippen LogP contribution in [0, 0.1) is 11.8 Å². The van der Waals surface area contributed by atoms with Gasteiger partial charge in [-0.3, -0.25) is 24.6 Å². The number of imide groups is 1. The van der Waals surface area contributed by atoms with E-state index in [2.05, 4.69) is 10.6 Å². The first-order valence-corrected chi connectivity index (χ1v) is 11.7. The third-order valence-corrected chi connectivity index (χ3v) is 7.90. The minimum Gasteiger partial charge on any atom is -0.392 e. The summed E-state index contributed by atoms with van der Waals surface area (Å²) in [5.74, 6) is -2.37. The molecule has 166 valence electrons. The van der Waals surface area contributed by atoms with E-state index in [4.69, 9.17) is 0 Å². The van der Waals surface area contributed by atoms with Crippen molar-refractivity contribution in [3.05, 3.63) is 29.3 Å². The molecule has 0 radical (unpaired) electrons. The number of amides is 3. The lowest BCUT2D eigenvalue weighted by Gasteiger charge is -2.32. The minimum atomic E-state index is -1.32. The first-order chi connectivity index (χ1) is 14.9. The van der Waals surface area contributed by atoms with Gasteiger partial charge < -0.3 is 10.4 Å². The lowest BCUT2D eigenvalue weighted by molar-refractivity contribution is -0.146. The van der Waals surface area contributed by atoms with E-state index in [0.29, 0.717) is 0 Å². The number of nitrogens with zero attached hydrogens (tertiary/aromatic N) is 1. The maximum absolute atomic E-state index is 13.9. The van der Waals surface area contributed by atoms with Gasteiger partial charge in [-0.15, -0.1) is 0 Å². The van der Waals surface area contributed by atoms with Crippen LogP contribution in [0.5, 0.6) is 0 Å². The minimum absolute atomic E-state index is 0.106. The van der Waals surface area contributed by atoms with Crippen LogP contribution in [0.25, 0.3) is 0 Å². The Morgan fingerprint density at radius 3 is 2.48 bits per heavy atom. The number of aryl methyl sites for hydroxylation is 1. The molecule has 0 aromatic heterocycles. The lowest BCUT2D eigenvalue weighted by atomic mass is 9.76. The van der Waals surface area contributed by atoms with E-state index in [-0.39, 0.29) is 23.8 Å². The summed E-state index contributed by atoms with van der Waals surface area (Å²) in [7, 11) is 0. The first-order valence-electron chi connectivity index (χ1n) is 11.7. The Balaban J connectivity index is 1.63. The third-order valence-electron chi connectivity index (χ3n) is 7.90. The normalized spacial score (nSPS) is 34.1. The van der Waals surface area contributed by atoms with E-state index in [0.717, 1.165) is 61.8 Å². The molecular formula is C24H31N3O4. The van der Waals surface area contributed by atoms with Crippen molar-refractivity contribution in [3.8, 4) is 0 Å². The molecule has 3 heterocycles. The maximum atomic E-state index is 13.9. The van der Waals surface area contributed by atoms with E-state index >= 15 is 0 Å². The quantitative estimate of drug-likeness (QED) is 0.509. The molecule has 5 rings (SSSR count). The van der Waals surface area contributed by atoms with Gasteiger partial charge in [0.05, 0.1) is 17.9 Å². The fourth-order valence-electron chi connectivity index (χ4n) is 6.43. The zero-order valence-corrected chi connectivity index (χ0v) is 18.2. The average molecular weight is 426 g/mol. The summed E-state index contributed by atoms with van der Waals surface area (Å²) < 4.78 is 0. The average Bonchev–Trinajstić information content (AvgIpc) is 3.23. The number of aliphatic hydroxyl groups excluding tert-OH is 1. The third kappa shape index (κ3) is 2.75. The van der Waals surface area contributed by atoms with Gasteiger partial charge in [-0.25, -0.2) is 0 Å². The summed E-state index contributed by atoms with van der Waals surface area (Å²) in [5.41, 5.74) is 1.14. The summed E-state index contributed by atoms with van der Waals surface area (Å²) in [6.07, 6.45) is 5.76. The lowest BCUT2D eigenvalue weighted by Crippen LogP contribution is -2.55. The summed E-state index contributed by atoms with van der Waals surface area (Å²) in [4.78, 5) is 42.4. The molecule has 1 aromatic carbocycles. The molecule has 1 aromatic rings. The van der Waals surface area contributed by atoms with Crippen LogP contribution in [-0.4, -0.2) is 45.9 Å². The Morgan fingerprint density at radius 1 is 1.13 bits per heavy atom. The topological polar surface area (TPSA) is 98.7 Å². The number of benzene rings is 1. The molecule has 31 heavy (non-hydrogen) atoms. The van der Waals surface area contributed by atoms with Gasteiger partial charge in [0.25, 0.3) is 0 Å². The predicted molar refractivity (Wildman–Crippen MR) is 115 cm³/mol. The van der Waals surface area contributed by atoms with Gasteiger partial charge in [0.15, 0.2) is 0 Å². The van der Waals surface area contributed by atoms with E-state index in [1.54, 1.807) is 6.92 Å². The molecule has 5 unspecified atom stereocenters. The number of likely N-dealkylation sites (tertiary alicyclic amines) is 1. The van der Waals surface area contributed by atoms with Crippen molar-refractivity contribution in [1.82, 2.24) is 10.2 Å². The van der Waals surface area contributed by atoms with Gasteiger partial charge >= 0.3 is 0 Å². The Kier molecular flexibility index (Phi) is 4.94. The van der Waals surface area contributed by atoms with Crippen LogP contribution in [0.3, 0.4) is 0 Å². The number of para-hydroxylation sites is 1. The summed E-state index contributed by atoms with van der Waals surface area (Å²) in [6, 6.07) is 4.98. The second-order valence-electron chi connectivity index (χ2n) is 9.56. The van der Waals surface area contributed by atoms with Crippen molar-refractivity contribution in [2.45, 2.75) is 82.5 Å². The molecule has 4 aliphatic rings. The Labute approximate surface area is 182 Å². The number of anilines is 1. The van der Waals surface area contributed by atoms with Gasteiger partial charge in [-0.2, -0.15) is 0 Å². The van der Waals surface area contributed by atoms with Crippen molar-refractivity contribution in [3.63, 3.8) is 0 Å². The predicted octanol–water partition coefficient (Wildman–Crippen LogP) is 2.07. The molecule has 3 amide bonds. The van der Waals surface area contributed by atoms with Gasteiger partial charge in [-0.1, -0.05) is 50.8 Å². The Morgan fingerprint density at radius 2 is 1.84 bits per heavy atom. The van der Waals surface area contributed by atoms with Gasteiger partial charge in [0.2, 0.25) is 17.7 Å². The van der Waals surface area contributed by atoms with Crippen LogP contribution in [0.2, 0.25) is 0 Å². The van der Waals surface area contributed by atoms with Crippen molar-refractivity contribution in [2.24, 2.45) is 11.8 Å². The van der Waals surface area contributed by atoms with Crippen molar-refractivity contribution >= 4 is 23.4 Å². The van der Waals surface area contributed by atoms with Crippen LogP contribution < -0.4 is 10.6 Å². The molecular weight excluding hydrogens is 394 g/mol. The summed E-state index contributed by atoms with van der Waals surface area (Å²) >= 11 is 0. The van der Waals surface area contributed by atoms with E-state index in [1.807, 2.05) is 25.1 Å². The molecule has 3 aliphatic heterocycles. The SMILES string of the molecule is CCc1cccc2c1NC(=O)C21NC(C(C)O)C2C(=O)N(C3CCCCCC3)C(=O)C21. The number of carbonyl (C=O) groups excluding carboxylic acids is 3. The highest BCUT2D eigenvalue weighted by Crippen LogP contribution is 2.54. The highest BCUT2D eigenvalue weighted by atomic mass is 16.3. The monoisotopic (exact) mass is 425 g/mol. The maximum Gasteiger partial charge on any atom is 0.250 e. The second kappa shape index (κ2) is 7.41. The Bertz CT molecular complexity index is 937. The van der Waals surface area contributed by atoms with Crippen LogP contribution in [-0.2, 0) is 26.3 Å². The largest absolute Gasteiger partial charge is 0.392 e. The first kappa shape index (κ1) is 20.6. The number of carbonyl (C=O) groups is 3. The van der Waals surface area contributed by atoms with Gasteiger partial charge in [0, 0.05) is 23.3 Å².